The molecule has 2 amide bonds. The molecular formula is C27H33N5O6. The van der Waals surface area contributed by atoms with Gasteiger partial charge in [0.05, 0.1) is 24.4 Å². The number of methoxy groups -OCH3 is 1. The first-order valence-electron chi connectivity index (χ1n) is 12.3. The van der Waals surface area contributed by atoms with Crippen LogP contribution in [0.3, 0.4) is 0 Å². The molecule has 11 nitrogen and oxygen atoms in total. The van der Waals surface area contributed by atoms with Crippen LogP contribution in [0.4, 0.5) is 5.69 Å². The molecule has 4 N–H and O–H groups in total. The normalized spacial score (nSPS) is 15.1. The molecule has 0 aliphatic carbocycles. The van der Waals surface area contributed by atoms with Crippen molar-refractivity contribution < 1.29 is 29.0 Å². The third-order valence-corrected chi connectivity index (χ3v) is 6.33. The van der Waals surface area contributed by atoms with Gasteiger partial charge < -0.3 is 34.9 Å². The molecule has 38 heavy (non-hydrogen) atoms. The third-order valence-electron chi connectivity index (χ3n) is 6.33. The predicted octanol–water partition coefficient (Wildman–Crippen LogP) is 2.14. The number of para-hydroxylation sites is 1. The molecule has 3 aromatic rings. The van der Waals surface area contributed by atoms with Gasteiger partial charge in [0.2, 0.25) is 6.23 Å². The molecule has 1 atom stereocenters. The van der Waals surface area contributed by atoms with E-state index in [-0.39, 0.29) is 11.7 Å². The lowest BCUT2D eigenvalue weighted by atomic mass is 10.0. The second-order valence-corrected chi connectivity index (χ2v) is 9.79. The monoisotopic (exact) mass is 523 g/mol. The number of ether oxygens (including phenoxy) is 1. The summed E-state index contributed by atoms with van der Waals surface area (Å²) in [6.45, 7) is 6.55. The number of oxazole rings is 1. The SMILES string of the molecule is COc1cc(NC(O)C(=O)NC(C)(C)CN2CCN(C(=O)c3ccccc3O)CC2)ccc1-c1cnco1. The highest BCUT2D eigenvalue weighted by atomic mass is 16.5. The number of nitrogens with zero attached hydrogens (tertiary/aromatic N) is 3. The topological polar surface area (TPSA) is 140 Å². The van der Waals surface area contributed by atoms with E-state index in [0.717, 1.165) is 0 Å². The summed E-state index contributed by atoms with van der Waals surface area (Å²) in [6.07, 6.45) is 1.41. The number of hydrogen-bond donors (Lipinski definition) is 4. The zero-order valence-corrected chi connectivity index (χ0v) is 21.7. The van der Waals surface area contributed by atoms with Gasteiger partial charge in [-0.3, -0.25) is 14.5 Å². The van der Waals surface area contributed by atoms with Crippen molar-refractivity contribution in [3.05, 3.63) is 60.6 Å². The average molecular weight is 524 g/mol. The smallest absolute Gasteiger partial charge is 0.270 e. The van der Waals surface area contributed by atoms with Crippen LogP contribution in [0.1, 0.15) is 24.2 Å². The van der Waals surface area contributed by atoms with Crippen LogP contribution in [0.2, 0.25) is 0 Å². The number of carbonyl (C=O) groups excluding carboxylic acids is 2. The minimum atomic E-state index is -1.48. The van der Waals surface area contributed by atoms with Crippen molar-refractivity contribution in [3.8, 4) is 22.8 Å². The molecule has 1 aromatic heterocycles. The minimum absolute atomic E-state index is 0.0276. The lowest BCUT2D eigenvalue weighted by Crippen LogP contribution is -2.58. The Morgan fingerprint density at radius 3 is 2.55 bits per heavy atom. The van der Waals surface area contributed by atoms with Gasteiger partial charge in [0.25, 0.3) is 11.8 Å². The van der Waals surface area contributed by atoms with E-state index in [1.807, 2.05) is 13.8 Å². The van der Waals surface area contributed by atoms with E-state index in [4.69, 9.17) is 9.15 Å². The van der Waals surface area contributed by atoms with E-state index in [1.165, 1.54) is 19.6 Å². The molecule has 0 bridgehead atoms. The number of benzene rings is 2. The molecule has 1 aliphatic heterocycles. The van der Waals surface area contributed by atoms with Crippen LogP contribution >= 0.6 is 0 Å². The Hall–Kier alpha value is -4.09. The summed E-state index contributed by atoms with van der Waals surface area (Å²) in [5.74, 6) is 0.244. The zero-order valence-electron chi connectivity index (χ0n) is 21.7. The number of nitrogens with one attached hydrogen (secondary N) is 2. The molecule has 0 spiro atoms. The summed E-state index contributed by atoms with van der Waals surface area (Å²) in [5.41, 5.74) is 0.839. The quantitative estimate of drug-likeness (QED) is 0.311. The van der Waals surface area contributed by atoms with Gasteiger partial charge in [-0.15, -0.1) is 0 Å². The number of carbonyl (C=O) groups is 2. The summed E-state index contributed by atoms with van der Waals surface area (Å²) in [7, 11) is 1.52. The minimum Gasteiger partial charge on any atom is -0.507 e. The fourth-order valence-corrected chi connectivity index (χ4v) is 4.49. The average Bonchev–Trinajstić information content (AvgIpc) is 3.43. The highest BCUT2D eigenvalue weighted by Gasteiger charge is 2.30. The number of rotatable bonds is 9. The van der Waals surface area contributed by atoms with Crippen molar-refractivity contribution in [2.24, 2.45) is 0 Å². The standard InChI is InChI=1S/C27H33N5O6/c1-27(2,16-31-10-12-32(13-11-31)26(36)19-6-4-5-7-21(19)33)30-25(35)24(34)29-18-8-9-20(22(14-18)37-3)23-15-28-17-38-23/h4-9,14-15,17,24,29,33-34H,10-13,16H2,1-3H3,(H,30,35). The molecule has 1 saturated heterocycles. The van der Waals surface area contributed by atoms with Crippen LogP contribution in [0.25, 0.3) is 11.3 Å². The predicted molar refractivity (Wildman–Crippen MR) is 141 cm³/mol. The summed E-state index contributed by atoms with van der Waals surface area (Å²) in [5, 5.41) is 26.2. The van der Waals surface area contributed by atoms with E-state index in [0.29, 0.717) is 61.0 Å². The summed E-state index contributed by atoms with van der Waals surface area (Å²) >= 11 is 0. The van der Waals surface area contributed by atoms with Crippen LogP contribution in [0.5, 0.6) is 11.5 Å². The first kappa shape index (κ1) is 27.0. The van der Waals surface area contributed by atoms with Crippen molar-refractivity contribution in [2.75, 3.05) is 45.2 Å². The lowest BCUT2D eigenvalue weighted by Gasteiger charge is -2.39. The number of piperazine rings is 1. The molecule has 2 heterocycles. The molecule has 202 valence electrons. The highest BCUT2D eigenvalue weighted by Crippen LogP contribution is 2.32. The Bertz CT molecular complexity index is 1250. The van der Waals surface area contributed by atoms with Gasteiger partial charge in [0.15, 0.2) is 12.2 Å². The van der Waals surface area contributed by atoms with E-state index in [9.17, 15) is 19.8 Å². The number of aromatic hydroxyl groups is 1. The van der Waals surface area contributed by atoms with Crippen molar-refractivity contribution in [3.63, 3.8) is 0 Å². The van der Waals surface area contributed by atoms with Gasteiger partial charge in [-0.1, -0.05) is 12.1 Å². The largest absolute Gasteiger partial charge is 0.507 e. The second-order valence-electron chi connectivity index (χ2n) is 9.79. The summed E-state index contributed by atoms with van der Waals surface area (Å²) < 4.78 is 10.7. The van der Waals surface area contributed by atoms with Crippen molar-refractivity contribution in [1.29, 1.82) is 0 Å². The van der Waals surface area contributed by atoms with E-state index in [2.05, 4.69) is 20.5 Å². The highest BCUT2D eigenvalue weighted by molar-refractivity contribution is 5.96. The van der Waals surface area contributed by atoms with Gasteiger partial charge in [-0.05, 0) is 38.1 Å². The van der Waals surface area contributed by atoms with Crippen molar-refractivity contribution in [2.45, 2.75) is 25.6 Å². The number of aromatic nitrogens is 1. The number of aliphatic hydroxyl groups is 1. The van der Waals surface area contributed by atoms with Gasteiger partial charge in [-0.25, -0.2) is 4.98 Å². The molecule has 2 aromatic carbocycles. The Morgan fingerprint density at radius 1 is 1.16 bits per heavy atom. The zero-order chi connectivity index (χ0) is 27.3. The maximum atomic E-state index is 12.8. The van der Waals surface area contributed by atoms with E-state index < -0.39 is 17.7 Å². The maximum absolute atomic E-state index is 12.8. The molecule has 11 heteroatoms. The van der Waals surface area contributed by atoms with Crippen LogP contribution in [-0.2, 0) is 4.79 Å². The number of hydrogen-bond acceptors (Lipinski definition) is 9. The molecule has 0 saturated carbocycles. The van der Waals surface area contributed by atoms with Crippen molar-refractivity contribution >= 4 is 17.5 Å². The van der Waals surface area contributed by atoms with Crippen molar-refractivity contribution in [1.82, 2.24) is 20.1 Å². The number of phenolic OH excluding ortho intramolecular Hbond substituents is 1. The number of phenols is 1. The first-order valence-corrected chi connectivity index (χ1v) is 12.3. The van der Waals surface area contributed by atoms with Gasteiger partial charge in [0.1, 0.15) is 11.5 Å². The molecule has 1 unspecified atom stereocenters. The molecule has 4 rings (SSSR count). The summed E-state index contributed by atoms with van der Waals surface area (Å²) in [4.78, 5) is 33.3. The second kappa shape index (κ2) is 11.5. The molecule has 1 aliphatic rings. The summed E-state index contributed by atoms with van der Waals surface area (Å²) in [6, 6.07) is 11.6. The van der Waals surface area contributed by atoms with Gasteiger partial charge in [-0.2, -0.15) is 0 Å². The molecule has 0 radical (unpaired) electrons. The van der Waals surface area contributed by atoms with Gasteiger partial charge >= 0.3 is 0 Å². The lowest BCUT2D eigenvalue weighted by molar-refractivity contribution is -0.129. The third kappa shape index (κ3) is 6.42. The van der Waals surface area contributed by atoms with Crippen LogP contribution in [0, 0.1) is 0 Å². The first-order chi connectivity index (χ1) is 18.2. The number of amides is 2. The van der Waals surface area contributed by atoms with Crippen LogP contribution in [-0.4, -0.2) is 88.4 Å². The fourth-order valence-electron chi connectivity index (χ4n) is 4.49. The van der Waals surface area contributed by atoms with E-state index in [1.54, 1.807) is 47.5 Å². The molecule has 1 fully saturated rings. The Balaban J connectivity index is 1.28. The van der Waals surface area contributed by atoms with Gasteiger partial charge in [0, 0.05) is 50.0 Å². The maximum Gasteiger partial charge on any atom is 0.270 e. The van der Waals surface area contributed by atoms with Crippen LogP contribution < -0.4 is 15.4 Å². The fraction of sp³-hybridized carbons (Fsp3) is 0.370. The van der Waals surface area contributed by atoms with Crippen LogP contribution in [0.15, 0.2) is 59.5 Å². The molecular weight excluding hydrogens is 490 g/mol. The van der Waals surface area contributed by atoms with E-state index >= 15 is 0 Å². The Morgan fingerprint density at radius 2 is 1.89 bits per heavy atom. The Kier molecular flexibility index (Phi) is 8.18. The Labute approximate surface area is 221 Å². The number of anilines is 1. The number of aliphatic hydroxyl groups excluding tert-OH is 1.